The van der Waals surface area contributed by atoms with Crippen LogP contribution in [0, 0.1) is 0 Å². The van der Waals surface area contributed by atoms with Gasteiger partial charge in [0.05, 0.1) is 19.1 Å². The minimum atomic E-state index is -1.38. The van der Waals surface area contributed by atoms with Crippen molar-refractivity contribution in [2.24, 2.45) is 0 Å². The molecule has 0 N–H and O–H groups in total. The molecule has 6 heteroatoms. The standard InChI is InChI=1S/C66H51N5Si/c1-72(2,3)59-42-31-49(32-43-59)48-25-36-56(37-26-48)70(55-34-23-47(24-35-55)46-15-7-4-8-16-46)57-38-27-50(28-39-57)54-33-44-63-61(45-54)60-21-13-14-22-62(60)71(63)58-40-29-53(30-41-58)66-68-64(51-17-9-5-10-18-51)67-65(69-66)52-19-11-6-12-20-52/h4-45H,1-3H3. The molecule has 0 saturated carbocycles. The number of anilines is 3. The molecule has 0 unspecified atom stereocenters. The summed E-state index contributed by atoms with van der Waals surface area (Å²) in [5.74, 6) is 1.92. The van der Waals surface area contributed by atoms with E-state index in [4.69, 9.17) is 15.0 Å². The Morgan fingerprint density at radius 3 is 1.12 bits per heavy atom. The summed E-state index contributed by atoms with van der Waals surface area (Å²) in [7, 11) is -1.38. The number of nitrogens with zero attached hydrogens (tertiary/aromatic N) is 5. The molecule has 0 bridgehead atoms. The van der Waals surface area contributed by atoms with Crippen LogP contribution in [0.1, 0.15) is 0 Å². The summed E-state index contributed by atoms with van der Waals surface area (Å²) in [6.07, 6.45) is 0. The third kappa shape index (κ3) is 8.70. The zero-order valence-corrected chi connectivity index (χ0v) is 41.5. The second-order valence-corrected chi connectivity index (χ2v) is 24.4. The lowest BCUT2D eigenvalue weighted by atomic mass is 10.0. The molecular formula is C66H51N5Si. The first-order valence-electron chi connectivity index (χ1n) is 24.6. The molecule has 0 amide bonds. The van der Waals surface area contributed by atoms with Gasteiger partial charge in [-0.1, -0.05) is 201 Å². The van der Waals surface area contributed by atoms with Crippen LogP contribution in [-0.4, -0.2) is 27.6 Å². The Kier molecular flexibility index (Phi) is 11.5. The summed E-state index contributed by atoms with van der Waals surface area (Å²) in [4.78, 5) is 17.2. The number of benzene rings is 10. The molecule has 10 aromatic carbocycles. The van der Waals surface area contributed by atoms with Crippen molar-refractivity contribution in [2.45, 2.75) is 19.6 Å². The van der Waals surface area contributed by atoms with E-state index in [9.17, 15) is 0 Å². The molecule has 0 fully saturated rings. The van der Waals surface area contributed by atoms with Crippen LogP contribution in [0.5, 0.6) is 0 Å². The van der Waals surface area contributed by atoms with Gasteiger partial charge in [-0.25, -0.2) is 15.0 Å². The smallest absolute Gasteiger partial charge is 0.164 e. The third-order valence-corrected chi connectivity index (χ3v) is 15.7. The van der Waals surface area contributed by atoms with Gasteiger partial charge in [0.25, 0.3) is 0 Å². The van der Waals surface area contributed by atoms with Crippen LogP contribution in [0.15, 0.2) is 255 Å². The highest BCUT2D eigenvalue weighted by Gasteiger charge is 2.19. The summed E-state index contributed by atoms with van der Waals surface area (Å²) in [5.41, 5.74) is 16.6. The van der Waals surface area contributed by atoms with E-state index in [1.165, 1.54) is 38.2 Å². The average molecular weight is 942 g/mol. The molecule has 0 saturated heterocycles. The van der Waals surface area contributed by atoms with E-state index in [0.29, 0.717) is 17.5 Å². The highest BCUT2D eigenvalue weighted by atomic mass is 28.3. The molecule has 344 valence electrons. The van der Waals surface area contributed by atoms with Gasteiger partial charge >= 0.3 is 0 Å². The molecule has 0 aliphatic heterocycles. The van der Waals surface area contributed by atoms with Crippen molar-refractivity contribution in [3.05, 3.63) is 255 Å². The predicted octanol–water partition coefficient (Wildman–Crippen LogP) is 17.0. The van der Waals surface area contributed by atoms with Crippen LogP contribution in [0.2, 0.25) is 19.6 Å². The van der Waals surface area contributed by atoms with Crippen molar-refractivity contribution in [1.82, 2.24) is 19.5 Å². The van der Waals surface area contributed by atoms with Gasteiger partial charge in [-0.05, 0) is 112 Å². The molecule has 0 atom stereocenters. The average Bonchev–Trinajstić information content (AvgIpc) is 3.78. The molecule has 12 rings (SSSR count). The largest absolute Gasteiger partial charge is 0.311 e. The zero-order chi connectivity index (χ0) is 48.6. The van der Waals surface area contributed by atoms with Gasteiger partial charge in [0.2, 0.25) is 0 Å². The fourth-order valence-corrected chi connectivity index (χ4v) is 10.9. The van der Waals surface area contributed by atoms with Crippen molar-refractivity contribution in [1.29, 1.82) is 0 Å². The fourth-order valence-electron chi connectivity index (χ4n) is 9.78. The van der Waals surface area contributed by atoms with E-state index in [0.717, 1.165) is 61.6 Å². The molecule has 2 aromatic heterocycles. The fraction of sp³-hybridized carbons (Fsp3) is 0.0455. The minimum absolute atomic E-state index is 0.632. The quantitative estimate of drug-likeness (QED) is 0.121. The number of hydrogen-bond acceptors (Lipinski definition) is 4. The third-order valence-electron chi connectivity index (χ3n) is 13.7. The Labute approximate surface area is 422 Å². The van der Waals surface area contributed by atoms with Gasteiger partial charge in [-0.2, -0.15) is 0 Å². The number of para-hydroxylation sites is 1. The summed E-state index contributed by atoms with van der Waals surface area (Å²) < 4.78 is 2.36. The Balaban J connectivity index is 0.872. The molecular weight excluding hydrogens is 891 g/mol. The molecule has 0 aliphatic rings. The highest BCUT2D eigenvalue weighted by Crippen LogP contribution is 2.40. The van der Waals surface area contributed by atoms with Crippen molar-refractivity contribution >= 4 is 52.1 Å². The van der Waals surface area contributed by atoms with Crippen LogP contribution < -0.4 is 10.1 Å². The van der Waals surface area contributed by atoms with E-state index >= 15 is 0 Å². The highest BCUT2D eigenvalue weighted by molar-refractivity contribution is 6.88. The van der Waals surface area contributed by atoms with Crippen LogP contribution in [0.4, 0.5) is 17.1 Å². The molecule has 0 spiro atoms. The van der Waals surface area contributed by atoms with Crippen LogP contribution in [0.25, 0.3) is 95.0 Å². The van der Waals surface area contributed by atoms with Crippen molar-refractivity contribution in [3.63, 3.8) is 0 Å². The lowest BCUT2D eigenvalue weighted by Gasteiger charge is -2.26. The number of rotatable bonds is 11. The topological polar surface area (TPSA) is 46.8 Å². The van der Waals surface area contributed by atoms with E-state index in [-0.39, 0.29) is 0 Å². The van der Waals surface area contributed by atoms with E-state index in [2.05, 4.69) is 223 Å². The number of fused-ring (bicyclic) bond motifs is 3. The molecule has 12 aromatic rings. The Morgan fingerprint density at radius 1 is 0.306 bits per heavy atom. The maximum atomic E-state index is 4.98. The minimum Gasteiger partial charge on any atom is -0.311 e. The monoisotopic (exact) mass is 941 g/mol. The maximum Gasteiger partial charge on any atom is 0.164 e. The van der Waals surface area contributed by atoms with Crippen molar-refractivity contribution < 1.29 is 0 Å². The Hall–Kier alpha value is -8.97. The number of aromatic nitrogens is 4. The summed E-state index contributed by atoms with van der Waals surface area (Å²) in [5, 5.41) is 3.87. The summed E-state index contributed by atoms with van der Waals surface area (Å²) in [6.45, 7) is 7.19. The van der Waals surface area contributed by atoms with E-state index in [1.54, 1.807) is 0 Å². The van der Waals surface area contributed by atoms with Crippen LogP contribution in [0.3, 0.4) is 0 Å². The lowest BCUT2D eigenvalue weighted by molar-refractivity contribution is 1.07. The van der Waals surface area contributed by atoms with Gasteiger partial charge in [0, 0.05) is 50.2 Å². The van der Waals surface area contributed by atoms with Gasteiger partial charge in [-0.15, -0.1) is 0 Å². The van der Waals surface area contributed by atoms with Crippen LogP contribution >= 0.6 is 0 Å². The van der Waals surface area contributed by atoms with Crippen LogP contribution in [-0.2, 0) is 0 Å². The Morgan fingerprint density at radius 2 is 0.653 bits per heavy atom. The van der Waals surface area contributed by atoms with Gasteiger partial charge in [0.1, 0.15) is 0 Å². The van der Waals surface area contributed by atoms with E-state index < -0.39 is 8.07 Å². The predicted molar refractivity (Wildman–Crippen MR) is 304 cm³/mol. The van der Waals surface area contributed by atoms with Gasteiger partial charge in [-0.3, -0.25) is 0 Å². The lowest BCUT2D eigenvalue weighted by Crippen LogP contribution is -2.37. The van der Waals surface area contributed by atoms with Crippen molar-refractivity contribution in [3.8, 4) is 73.2 Å². The SMILES string of the molecule is C[Si](C)(C)c1ccc(-c2ccc(N(c3ccc(-c4ccccc4)cc3)c3ccc(-c4ccc5c(c4)c4ccccc4n5-c4ccc(-c5nc(-c6ccccc6)nc(-c6ccccc6)n5)cc4)cc3)cc2)cc1. The summed E-state index contributed by atoms with van der Waals surface area (Å²) in [6, 6.07) is 90.9. The van der Waals surface area contributed by atoms with Gasteiger partial charge in [0.15, 0.2) is 17.5 Å². The molecule has 0 radical (unpaired) electrons. The maximum absolute atomic E-state index is 4.98. The second-order valence-electron chi connectivity index (χ2n) is 19.3. The van der Waals surface area contributed by atoms with E-state index in [1.807, 2.05) is 60.7 Å². The van der Waals surface area contributed by atoms with Crippen molar-refractivity contribution in [2.75, 3.05) is 4.90 Å². The first-order chi connectivity index (χ1) is 35.3. The molecule has 5 nitrogen and oxygen atoms in total. The number of hydrogen-bond donors (Lipinski definition) is 0. The first kappa shape index (κ1) is 44.2. The zero-order valence-electron chi connectivity index (χ0n) is 40.5. The molecule has 72 heavy (non-hydrogen) atoms. The van der Waals surface area contributed by atoms with Gasteiger partial charge < -0.3 is 9.47 Å². The normalized spacial score (nSPS) is 11.5. The summed E-state index contributed by atoms with van der Waals surface area (Å²) >= 11 is 0. The molecule has 2 heterocycles. The second kappa shape index (κ2) is 18.7. The first-order valence-corrected chi connectivity index (χ1v) is 28.1. The Bertz CT molecular complexity index is 3770. The molecule has 0 aliphatic carbocycles.